The quantitative estimate of drug-likeness (QED) is 0.430. The van der Waals surface area contributed by atoms with Crippen molar-refractivity contribution in [2.24, 2.45) is 0 Å². The fourth-order valence-corrected chi connectivity index (χ4v) is 5.92. The number of piperazine rings is 1. The number of thiazole rings is 1. The molecule has 0 N–H and O–H groups in total. The van der Waals surface area contributed by atoms with Crippen molar-refractivity contribution < 1.29 is 4.79 Å². The zero-order valence-corrected chi connectivity index (χ0v) is 17.8. The van der Waals surface area contributed by atoms with Crippen molar-refractivity contribution in [2.75, 3.05) is 26.2 Å². The first-order chi connectivity index (χ1) is 14.8. The molecule has 0 bridgehead atoms. The predicted molar refractivity (Wildman–Crippen MR) is 121 cm³/mol. The summed E-state index contributed by atoms with van der Waals surface area (Å²) in [6, 6.07) is 12.4. The van der Waals surface area contributed by atoms with E-state index in [4.69, 9.17) is 0 Å². The van der Waals surface area contributed by atoms with E-state index in [1.165, 1.54) is 22.3 Å². The smallest absolute Gasteiger partial charge is 0.264 e. The van der Waals surface area contributed by atoms with Crippen molar-refractivity contribution in [1.29, 1.82) is 0 Å². The van der Waals surface area contributed by atoms with Gasteiger partial charge in [-0.25, -0.2) is 4.98 Å². The summed E-state index contributed by atoms with van der Waals surface area (Å²) in [6.07, 6.45) is 3.86. The SMILES string of the molecule is O=C(c1cc2c(nc3sccn32)s1)N1CCN(Cc2cccc3cccnc23)CC1. The summed E-state index contributed by atoms with van der Waals surface area (Å²) in [5.74, 6) is 0.119. The number of hydrogen-bond acceptors (Lipinski definition) is 6. The number of benzene rings is 1. The normalized spacial score (nSPS) is 15.5. The van der Waals surface area contributed by atoms with Crippen molar-refractivity contribution in [3.05, 3.63) is 64.6 Å². The minimum atomic E-state index is 0.119. The van der Waals surface area contributed by atoms with Crippen LogP contribution in [0.4, 0.5) is 0 Å². The van der Waals surface area contributed by atoms with Gasteiger partial charge in [0.05, 0.1) is 15.9 Å². The number of hydrogen-bond donors (Lipinski definition) is 0. The Kier molecular flexibility index (Phi) is 4.29. The number of carbonyl (C=O) groups is 1. The molecule has 5 heterocycles. The van der Waals surface area contributed by atoms with E-state index in [0.29, 0.717) is 0 Å². The Balaban J connectivity index is 1.15. The summed E-state index contributed by atoms with van der Waals surface area (Å²) in [5, 5.41) is 3.19. The van der Waals surface area contributed by atoms with E-state index in [0.717, 1.165) is 58.4 Å². The number of fused-ring (bicyclic) bond motifs is 4. The molecular formula is C22H19N5OS2. The van der Waals surface area contributed by atoms with E-state index >= 15 is 0 Å². The van der Waals surface area contributed by atoms with E-state index < -0.39 is 0 Å². The van der Waals surface area contributed by atoms with E-state index in [-0.39, 0.29) is 5.91 Å². The third kappa shape index (κ3) is 2.99. The second-order valence-electron chi connectivity index (χ2n) is 7.53. The zero-order chi connectivity index (χ0) is 20.1. The highest BCUT2D eigenvalue weighted by Gasteiger charge is 2.25. The Morgan fingerprint density at radius 2 is 1.97 bits per heavy atom. The molecule has 6 nitrogen and oxygen atoms in total. The van der Waals surface area contributed by atoms with Gasteiger partial charge in [-0.1, -0.05) is 24.3 Å². The number of rotatable bonds is 3. The summed E-state index contributed by atoms with van der Waals surface area (Å²) in [6.45, 7) is 4.09. The highest BCUT2D eigenvalue weighted by molar-refractivity contribution is 7.21. The predicted octanol–water partition coefficient (Wildman–Crippen LogP) is 4.12. The molecule has 5 aromatic rings. The third-order valence-corrected chi connectivity index (χ3v) is 7.48. The van der Waals surface area contributed by atoms with Gasteiger partial charge < -0.3 is 4.90 Å². The molecule has 150 valence electrons. The van der Waals surface area contributed by atoms with Gasteiger partial charge in [-0.15, -0.1) is 22.7 Å². The van der Waals surface area contributed by atoms with Gasteiger partial charge in [0.2, 0.25) is 0 Å². The van der Waals surface area contributed by atoms with Gasteiger partial charge in [-0.2, -0.15) is 0 Å². The summed E-state index contributed by atoms with van der Waals surface area (Å²) in [5.41, 5.74) is 3.34. The van der Waals surface area contributed by atoms with E-state index in [2.05, 4.69) is 43.5 Å². The highest BCUT2D eigenvalue weighted by atomic mass is 32.1. The molecule has 8 heteroatoms. The van der Waals surface area contributed by atoms with Crippen LogP contribution < -0.4 is 0 Å². The molecule has 0 aliphatic carbocycles. The Bertz CT molecular complexity index is 1370. The van der Waals surface area contributed by atoms with Crippen molar-refractivity contribution in [3.8, 4) is 0 Å². The summed E-state index contributed by atoms with van der Waals surface area (Å²) >= 11 is 3.11. The molecule has 4 aromatic heterocycles. The maximum absolute atomic E-state index is 13.1. The molecule has 0 atom stereocenters. The molecule has 1 aliphatic heterocycles. The lowest BCUT2D eigenvalue weighted by atomic mass is 10.1. The van der Waals surface area contributed by atoms with Gasteiger partial charge in [-0.3, -0.25) is 19.1 Å². The first-order valence-corrected chi connectivity index (χ1v) is 11.7. The monoisotopic (exact) mass is 433 g/mol. The maximum Gasteiger partial charge on any atom is 0.264 e. The number of pyridine rings is 1. The standard InChI is InChI=1S/C22H19N5OS2/c28-21(18-13-17-20(30-18)24-22-27(17)11-12-29-22)26-9-7-25(8-10-26)14-16-4-1-3-15-5-2-6-23-19(15)16/h1-6,11-13H,7-10,14H2. The summed E-state index contributed by atoms with van der Waals surface area (Å²) in [4.78, 5) is 29.3. The van der Waals surface area contributed by atoms with Gasteiger partial charge in [-0.05, 0) is 17.7 Å². The molecule has 1 amide bonds. The molecule has 1 fully saturated rings. The third-order valence-electron chi connectivity index (χ3n) is 5.72. The molecule has 1 aromatic carbocycles. The van der Waals surface area contributed by atoms with Crippen LogP contribution in [0.1, 0.15) is 15.2 Å². The molecule has 0 saturated carbocycles. The van der Waals surface area contributed by atoms with Crippen LogP contribution in [0.3, 0.4) is 0 Å². The van der Waals surface area contributed by atoms with Crippen LogP contribution >= 0.6 is 22.7 Å². The lowest BCUT2D eigenvalue weighted by Crippen LogP contribution is -2.48. The number of aromatic nitrogens is 3. The first kappa shape index (κ1) is 18.0. The van der Waals surface area contributed by atoms with Crippen LogP contribution in [0.15, 0.2) is 54.2 Å². The van der Waals surface area contributed by atoms with E-state index in [9.17, 15) is 4.79 Å². The molecule has 6 rings (SSSR count). The second kappa shape index (κ2) is 7.16. The fraction of sp³-hybridized carbons (Fsp3) is 0.227. The lowest BCUT2D eigenvalue weighted by molar-refractivity contribution is 0.0633. The lowest BCUT2D eigenvalue weighted by Gasteiger charge is -2.34. The molecule has 1 saturated heterocycles. The first-order valence-electron chi connectivity index (χ1n) is 9.95. The average molecular weight is 434 g/mol. The van der Waals surface area contributed by atoms with Gasteiger partial charge in [0.25, 0.3) is 5.91 Å². The minimum Gasteiger partial charge on any atom is -0.335 e. The van der Waals surface area contributed by atoms with Crippen LogP contribution in [0.25, 0.3) is 26.2 Å². The average Bonchev–Trinajstić information content (AvgIpc) is 3.47. The van der Waals surface area contributed by atoms with E-state index in [1.807, 2.05) is 34.8 Å². The second-order valence-corrected chi connectivity index (χ2v) is 9.43. The number of amides is 1. The van der Waals surface area contributed by atoms with E-state index in [1.54, 1.807) is 11.3 Å². The number of imidazole rings is 1. The Labute approximate surface area is 181 Å². The zero-order valence-electron chi connectivity index (χ0n) is 16.2. The Morgan fingerprint density at radius 3 is 2.87 bits per heavy atom. The van der Waals surface area contributed by atoms with Gasteiger partial charge >= 0.3 is 0 Å². The van der Waals surface area contributed by atoms with Crippen LogP contribution in [-0.2, 0) is 6.54 Å². The van der Waals surface area contributed by atoms with Crippen molar-refractivity contribution in [1.82, 2.24) is 24.2 Å². The molecule has 0 radical (unpaired) electrons. The van der Waals surface area contributed by atoms with Crippen molar-refractivity contribution in [2.45, 2.75) is 6.54 Å². The molecule has 30 heavy (non-hydrogen) atoms. The molecule has 0 unspecified atom stereocenters. The number of para-hydroxylation sites is 1. The summed E-state index contributed by atoms with van der Waals surface area (Å²) < 4.78 is 2.06. The fourth-order valence-electron chi connectivity index (χ4n) is 4.15. The number of carbonyl (C=O) groups excluding carboxylic acids is 1. The Hall–Kier alpha value is -2.81. The molecule has 0 spiro atoms. The summed E-state index contributed by atoms with van der Waals surface area (Å²) in [7, 11) is 0. The van der Waals surface area contributed by atoms with Crippen LogP contribution in [0.5, 0.6) is 0 Å². The van der Waals surface area contributed by atoms with Gasteiger partial charge in [0.1, 0.15) is 4.83 Å². The Morgan fingerprint density at radius 1 is 1.10 bits per heavy atom. The number of nitrogens with zero attached hydrogens (tertiary/aromatic N) is 5. The van der Waals surface area contributed by atoms with Crippen molar-refractivity contribution in [3.63, 3.8) is 0 Å². The molecular weight excluding hydrogens is 414 g/mol. The highest BCUT2D eigenvalue weighted by Crippen LogP contribution is 2.29. The van der Waals surface area contributed by atoms with Gasteiger partial charge in [0.15, 0.2) is 4.96 Å². The largest absolute Gasteiger partial charge is 0.335 e. The van der Waals surface area contributed by atoms with Crippen LogP contribution in [-0.4, -0.2) is 56.3 Å². The van der Waals surface area contributed by atoms with Gasteiger partial charge in [0, 0.05) is 55.9 Å². The number of thiophene rings is 1. The van der Waals surface area contributed by atoms with Crippen LogP contribution in [0, 0.1) is 0 Å². The van der Waals surface area contributed by atoms with Crippen molar-refractivity contribution >= 4 is 54.8 Å². The topological polar surface area (TPSA) is 53.7 Å². The van der Waals surface area contributed by atoms with Crippen LogP contribution in [0.2, 0.25) is 0 Å². The maximum atomic E-state index is 13.1. The minimum absolute atomic E-state index is 0.119. The molecule has 1 aliphatic rings.